The van der Waals surface area contributed by atoms with Crippen molar-refractivity contribution in [2.75, 3.05) is 19.0 Å². The molecule has 1 heterocycles. The number of aryl methyl sites for hydroxylation is 1. The number of amides is 2. The minimum atomic E-state index is -0.511. The number of fused-ring (bicyclic) bond motifs is 1. The van der Waals surface area contributed by atoms with E-state index in [-0.39, 0.29) is 24.5 Å². The predicted molar refractivity (Wildman–Crippen MR) is 105 cm³/mol. The molecule has 3 rings (SSSR count). The van der Waals surface area contributed by atoms with Crippen LogP contribution in [0.5, 0.6) is 0 Å². The number of hydrogen-bond donors (Lipinski definition) is 1. The van der Waals surface area contributed by atoms with Crippen molar-refractivity contribution in [1.29, 1.82) is 0 Å². The molecule has 2 aliphatic carbocycles. The molecular weight excluding hydrogens is 364 g/mol. The van der Waals surface area contributed by atoms with Crippen molar-refractivity contribution >= 4 is 34.1 Å². The molecule has 1 saturated carbocycles. The molecule has 7 heteroatoms. The van der Waals surface area contributed by atoms with Crippen LogP contribution < -0.4 is 5.32 Å². The van der Waals surface area contributed by atoms with Crippen LogP contribution >= 0.6 is 11.3 Å². The average Bonchev–Trinajstić information content (AvgIpc) is 3.03. The van der Waals surface area contributed by atoms with Crippen molar-refractivity contribution in [3.8, 4) is 0 Å². The summed E-state index contributed by atoms with van der Waals surface area (Å²) in [5.41, 5.74) is 1.42. The quantitative estimate of drug-likeness (QED) is 0.778. The summed E-state index contributed by atoms with van der Waals surface area (Å²) in [6.07, 6.45) is 9.38. The Labute approximate surface area is 164 Å². The van der Waals surface area contributed by atoms with Gasteiger partial charge in [-0.15, -0.1) is 11.3 Å². The summed E-state index contributed by atoms with van der Waals surface area (Å²) in [5, 5.41) is 3.31. The Morgan fingerprint density at radius 2 is 1.81 bits per heavy atom. The molecular formula is C20H28N2O4S. The monoisotopic (exact) mass is 392 g/mol. The topological polar surface area (TPSA) is 75.7 Å². The van der Waals surface area contributed by atoms with Crippen molar-refractivity contribution in [2.45, 2.75) is 70.8 Å². The summed E-state index contributed by atoms with van der Waals surface area (Å²) >= 11 is 1.45. The summed E-state index contributed by atoms with van der Waals surface area (Å²) in [6, 6.07) is 0.244. The molecule has 0 radical (unpaired) electrons. The number of hydrogen-bond acceptors (Lipinski definition) is 5. The Hall–Kier alpha value is -1.89. The van der Waals surface area contributed by atoms with Gasteiger partial charge in [0.2, 0.25) is 5.91 Å². The number of rotatable bonds is 5. The number of esters is 1. The first kappa shape index (κ1) is 19.9. The fourth-order valence-electron chi connectivity index (χ4n) is 4.00. The van der Waals surface area contributed by atoms with Gasteiger partial charge in [-0.1, -0.05) is 19.3 Å². The van der Waals surface area contributed by atoms with Crippen LogP contribution in [0.4, 0.5) is 5.00 Å². The van der Waals surface area contributed by atoms with Gasteiger partial charge in [-0.25, -0.2) is 4.79 Å². The molecule has 1 aromatic heterocycles. The number of carbonyl (C=O) groups is 3. The van der Waals surface area contributed by atoms with Crippen LogP contribution in [-0.4, -0.2) is 42.4 Å². The molecule has 0 aliphatic heterocycles. The second kappa shape index (κ2) is 8.87. The molecule has 2 amide bonds. The molecule has 0 unspecified atom stereocenters. The number of thiophene rings is 1. The molecule has 0 saturated heterocycles. The molecule has 148 valence electrons. The van der Waals surface area contributed by atoms with E-state index in [1.54, 1.807) is 11.9 Å². The Balaban J connectivity index is 1.67. The predicted octanol–water partition coefficient (Wildman–Crippen LogP) is 3.53. The first-order valence-electron chi connectivity index (χ1n) is 9.82. The standard InChI is InChI=1S/C20H28N2O4S/c1-13(23)21-19-18(15-10-6-7-11-16(15)27-19)20(25)26-12-17(24)22(2)14-8-4-3-5-9-14/h14H,3-12H2,1-2H3,(H,21,23). The number of nitrogens with zero attached hydrogens (tertiary/aromatic N) is 1. The van der Waals surface area contributed by atoms with E-state index in [0.717, 1.165) is 61.8 Å². The Bertz CT molecular complexity index is 722. The fraction of sp³-hybridized carbons (Fsp3) is 0.650. The van der Waals surface area contributed by atoms with E-state index in [9.17, 15) is 14.4 Å². The molecule has 0 spiro atoms. The molecule has 0 atom stereocenters. The zero-order valence-electron chi connectivity index (χ0n) is 16.1. The molecule has 2 aliphatic rings. The fourth-order valence-corrected chi connectivity index (χ4v) is 5.33. The van der Waals surface area contributed by atoms with E-state index in [4.69, 9.17) is 4.74 Å². The lowest BCUT2D eigenvalue weighted by atomic mass is 9.94. The van der Waals surface area contributed by atoms with E-state index >= 15 is 0 Å². The summed E-state index contributed by atoms with van der Waals surface area (Å²) < 4.78 is 5.37. The maximum Gasteiger partial charge on any atom is 0.341 e. The van der Waals surface area contributed by atoms with E-state index in [1.807, 2.05) is 0 Å². The Morgan fingerprint density at radius 1 is 1.11 bits per heavy atom. The van der Waals surface area contributed by atoms with Crippen molar-refractivity contribution in [3.05, 3.63) is 16.0 Å². The lowest BCUT2D eigenvalue weighted by Gasteiger charge is -2.31. The van der Waals surface area contributed by atoms with E-state index in [2.05, 4.69) is 5.32 Å². The third kappa shape index (κ3) is 4.69. The Morgan fingerprint density at radius 3 is 2.52 bits per heavy atom. The van der Waals surface area contributed by atoms with Crippen LogP contribution in [-0.2, 0) is 27.2 Å². The van der Waals surface area contributed by atoms with Gasteiger partial charge in [0, 0.05) is 24.9 Å². The Kier molecular flexibility index (Phi) is 6.52. The number of carbonyl (C=O) groups excluding carboxylic acids is 3. The zero-order chi connectivity index (χ0) is 19.4. The van der Waals surface area contributed by atoms with E-state index < -0.39 is 5.97 Å². The first-order chi connectivity index (χ1) is 13.0. The van der Waals surface area contributed by atoms with Gasteiger partial charge in [0.05, 0.1) is 5.56 Å². The minimum Gasteiger partial charge on any atom is -0.452 e. The normalized spacial score (nSPS) is 17.1. The second-order valence-electron chi connectivity index (χ2n) is 7.47. The highest BCUT2D eigenvalue weighted by Crippen LogP contribution is 2.38. The third-order valence-corrected chi connectivity index (χ3v) is 6.71. The SMILES string of the molecule is CC(=O)Nc1sc2c(c1C(=O)OCC(=O)N(C)C1CCCCC1)CCCC2. The molecule has 1 N–H and O–H groups in total. The summed E-state index contributed by atoms with van der Waals surface area (Å²) in [6.45, 7) is 1.17. The highest BCUT2D eigenvalue weighted by molar-refractivity contribution is 7.17. The van der Waals surface area contributed by atoms with Crippen LogP contribution in [0.3, 0.4) is 0 Å². The summed E-state index contributed by atoms with van der Waals surface area (Å²) in [7, 11) is 1.79. The van der Waals surface area contributed by atoms with Gasteiger partial charge in [-0.2, -0.15) is 0 Å². The molecule has 1 aromatic rings. The van der Waals surface area contributed by atoms with Gasteiger partial charge < -0.3 is 15.0 Å². The first-order valence-corrected chi connectivity index (χ1v) is 10.6. The van der Waals surface area contributed by atoms with Gasteiger partial charge in [0.15, 0.2) is 6.61 Å². The molecule has 0 aromatic carbocycles. The van der Waals surface area contributed by atoms with Crippen LogP contribution in [0, 0.1) is 0 Å². The number of ether oxygens (including phenoxy) is 1. The zero-order valence-corrected chi connectivity index (χ0v) is 17.0. The third-order valence-electron chi connectivity index (χ3n) is 5.51. The van der Waals surface area contributed by atoms with Gasteiger partial charge in [0.1, 0.15) is 5.00 Å². The van der Waals surface area contributed by atoms with Gasteiger partial charge >= 0.3 is 5.97 Å². The number of nitrogens with one attached hydrogen (secondary N) is 1. The van der Waals surface area contributed by atoms with Crippen LogP contribution in [0.2, 0.25) is 0 Å². The van der Waals surface area contributed by atoms with E-state index in [0.29, 0.717) is 10.6 Å². The van der Waals surface area contributed by atoms with Crippen molar-refractivity contribution in [3.63, 3.8) is 0 Å². The maximum absolute atomic E-state index is 12.7. The average molecular weight is 393 g/mol. The largest absolute Gasteiger partial charge is 0.452 e. The lowest BCUT2D eigenvalue weighted by Crippen LogP contribution is -2.40. The van der Waals surface area contributed by atoms with Crippen LogP contribution in [0.1, 0.15) is 72.7 Å². The summed E-state index contributed by atoms with van der Waals surface area (Å²) in [4.78, 5) is 39.6. The second-order valence-corrected chi connectivity index (χ2v) is 8.57. The van der Waals surface area contributed by atoms with Crippen LogP contribution in [0.15, 0.2) is 0 Å². The highest BCUT2D eigenvalue weighted by Gasteiger charge is 2.28. The van der Waals surface area contributed by atoms with Gasteiger partial charge in [-0.3, -0.25) is 9.59 Å². The molecule has 1 fully saturated rings. The van der Waals surface area contributed by atoms with Gasteiger partial charge in [-0.05, 0) is 44.1 Å². The van der Waals surface area contributed by atoms with E-state index in [1.165, 1.54) is 24.7 Å². The maximum atomic E-state index is 12.7. The van der Waals surface area contributed by atoms with Crippen molar-refractivity contribution < 1.29 is 19.1 Å². The molecule has 27 heavy (non-hydrogen) atoms. The lowest BCUT2D eigenvalue weighted by molar-refractivity contribution is -0.135. The molecule has 6 nitrogen and oxygen atoms in total. The van der Waals surface area contributed by atoms with Crippen LogP contribution in [0.25, 0.3) is 0 Å². The van der Waals surface area contributed by atoms with Crippen molar-refractivity contribution in [2.24, 2.45) is 0 Å². The molecule has 0 bridgehead atoms. The van der Waals surface area contributed by atoms with Gasteiger partial charge in [0.25, 0.3) is 5.91 Å². The number of likely N-dealkylation sites (N-methyl/N-ethyl adjacent to an activating group) is 1. The van der Waals surface area contributed by atoms with Crippen molar-refractivity contribution in [1.82, 2.24) is 4.90 Å². The summed E-state index contributed by atoms with van der Waals surface area (Å²) in [5.74, 6) is -0.889. The smallest absolute Gasteiger partial charge is 0.341 e. The number of anilines is 1. The minimum absolute atomic E-state index is 0.166. The highest BCUT2D eigenvalue weighted by atomic mass is 32.1.